The number of rotatable bonds is 5. The lowest BCUT2D eigenvalue weighted by Gasteiger charge is -2.27. The highest BCUT2D eigenvalue weighted by atomic mass is 31.2. The van der Waals surface area contributed by atoms with Crippen molar-refractivity contribution in [1.29, 1.82) is 0 Å². The molecule has 0 atom stereocenters. The lowest BCUT2D eigenvalue weighted by molar-refractivity contribution is -0.337. The summed E-state index contributed by atoms with van der Waals surface area (Å²) in [6, 6.07) is 0. The summed E-state index contributed by atoms with van der Waals surface area (Å²) in [5.74, 6) is -2.95. The van der Waals surface area contributed by atoms with Crippen LogP contribution in [0.1, 0.15) is 12.8 Å². The van der Waals surface area contributed by atoms with Gasteiger partial charge in [-0.3, -0.25) is 19.4 Å². The number of hydrogen-bond acceptors (Lipinski definition) is 8. The predicted molar refractivity (Wildman–Crippen MR) is 41.1 cm³/mol. The normalized spacial score (nSPS) is 12.0. The SMILES string of the molecule is O=C(CCC(=O)OP(=O)(O)O)OP(=O)([O-])[O-]. The first kappa shape index (κ1) is 15.2. The molecule has 0 saturated carbocycles. The first-order chi connectivity index (χ1) is 6.99. The lowest BCUT2D eigenvalue weighted by atomic mass is 10.3. The molecule has 0 saturated heterocycles. The second-order valence-electron chi connectivity index (χ2n) is 2.36. The molecule has 0 aromatic rings. The van der Waals surface area contributed by atoms with Crippen molar-refractivity contribution >= 4 is 27.6 Å². The van der Waals surface area contributed by atoms with E-state index >= 15 is 0 Å². The Morgan fingerprint density at radius 3 is 1.69 bits per heavy atom. The molecule has 0 aromatic heterocycles. The van der Waals surface area contributed by atoms with E-state index in [1.165, 1.54) is 0 Å². The van der Waals surface area contributed by atoms with Crippen LogP contribution in [0.3, 0.4) is 0 Å². The lowest BCUT2D eigenvalue weighted by Crippen LogP contribution is -2.20. The molecule has 0 aliphatic carbocycles. The van der Waals surface area contributed by atoms with Crippen molar-refractivity contribution in [2.45, 2.75) is 12.8 Å². The number of carbonyl (C=O) groups excluding carboxylic acids is 2. The third-order valence-electron chi connectivity index (χ3n) is 0.968. The van der Waals surface area contributed by atoms with Gasteiger partial charge in [-0.2, -0.15) is 0 Å². The average Bonchev–Trinajstić information content (AvgIpc) is 1.94. The van der Waals surface area contributed by atoms with Gasteiger partial charge in [0.15, 0.2) is 0 Å². The summed E-state index contributed by atoms with van der Waals surface area (Å²) < 4.78 is 26.8. The van der Waals surface area contributed by atoms with Crippen LogP contribution < -0.4 is 9.79 Å². The molecule has 0 fully saturated rings. The van der Waals surface area contributed by atoms with Crippen molar-refractivity contribution in [2.24, 2.45) is 0 Å². The molecular weight excluding hydrogens is 270 g/mol. The zero-order valence-electron chi connectivity index (χ0n) is 7.47. The first-order valence-corrected chi connectivity index (χ1v) is 6.51. The maximum atomic E-state index is 10.6. The molecule has 0 aromatic carbocycles. The van der Waals surface area contributed by atoms with Crippen LogP contribution in [-0.4, -0.2) is 21.7 Å². The molecule has 94 valence electrons. The van der Waals surface area contributed by atoms with Crippen LogP contribution in [0.15, 0.2) is 0 Å². The second-order valence-corrected chi connectivity index (χ2v) is 4.61. The average molecular weight is 276 g/mol. The van der Waals surface area contributed by atoms with E-state index in [2.05, 4.69) is 9.05 Å². The van der Waals surface area contributed by atoms with Gasteiger partial charge in [0.2, 0.25) is 0 Å². The van der Waals surface area contributed by atoms with E-state index in [9.17, 15) is 28.5 Å². The fraction of sp³-hybridized carbons (Fsp3) is 0.500. The van der Waals surface area contributed by atoms with Crippen molar-refractivity contribution in [3.63, 3.8) is 0 Å². The molecular formula is C4H6O10P2-2. The number of phosphoric acid groups is 2. The summed E-state index contributed by atoms with van der Waals surface area (Å²) >= 11 is 0. The standard InChI is InChI=1S/C4H8O10P2/c5-3(13-15(7,8)9)1-2-4(6)14-16(10,11)12/h1-2H2,(H2,7,8,9)(H2,10,11,12)/p-2. The van der Waals surface area contributed by atoms with E-state index in [0.717, 1.165) is 0 Å². The van der Waals surface area contributed by atoms with E-state index in [1.54, 1.807) is 0 Å². The van der Waals surface area contributed by atoms with Crippen LogP contribution >= 0.6 is 15.6 Å². The van der Waals surface area contributed by atoms with Crippen LogP contribution in [-0.2, 0) is 27.8 Å². The number of carbonyl (C=O) groups is 2. The van der Waals surface area contributed by atoms with E-state index < -0.39 is 40.4 Å². The van der Waals surface area contributed by atoms with E-state index in [1.807, 2.05) is 0 Å². The van der Waals surface area contributed by atoms with Gasteiger partial charge in [-0.05, 0) is 0 Å². The van der Waals surface area contributed by atoms with Crippen molar-refractivity contribution in [1.82, 2.24) is 0 Å². The molecule has 0 aliphatic heterocycles. The molecule has 0 heterocycles. The molecule has 0 spiro atoms. The monoisotopic (exact) mass is 276 g/mol. The highest BCUT2D eigenvalue weighted by molar-refractivity contribution is 7.46. The first-order valence-electron chi connectivity index (χ1n) is 3.52. The Balaban J connectivity index is 3.99. The van der Waals surface area contributed by atoms with E-state index in [4.69, 9.17) is 9.79 Å². The molecule has 2 N–H and O–H groups in total. The highest BCUT2D eigenvalue weighted by Crippen LogP contribution is 2.36. The molecule has 0 rings (SSSR count). The Labute approximate surface area is 88.7 Å². The molecule has 12 heteroatoms. The number of hydrogen-bond donors (Lipinski definition) is 2. The fourth-order valence-corrected chi connectivity index (χ4v) is 1.25. The van der Waals surface area contributed by atoms with Crippen LogP contribution in [0.4, 0.5) is 0 Å². The summed E-state index contributed by atoms with van der Waals surface area (Å²) in [7, 11) is -10.5. The smallest absolute Gasteiger partial charge is 0.526 e. The van der Waals surface area contributed by atoms with Crippen LogP contribution in [0, 0.1) is 0 Å². The molecule has 0 amide bonds. The van der Waals surface area contributed by atoms with Gasteiger partial charge in [-0.1, -0.05) is 0 Å². The molecule has 0 unspecified atom stereocenters. The zero-order chi connectivity index (χ0) is 13.0. The van der Waals surface area contributed by atoms with Gasteiger partial charge in [-0.15, -0.1) is 0 Å². The van der Waals surface area contributed by atoms with Gasteiger partial charge in [0.1, 0.15) is 7.82 Å². The quantitative estimate of drug-likeness (QED) is 0.523. The van der Waals surface area contributed by atoms with Gasteiger partial charge in [0.25, 0.3) is 0 Å². The summed E-state index contributed by atoms with van der Waals surface area (Å²) in [4.78, 5) is 57.2. The molecule has 16 heavy (non-hydrogen) atoms. The minimum absolute atomic E-state index is 0.829. The van der Waals surface area contributed by atoms with Gasteiger partial charge >= 0.3 is 19.8 Å². The van der Waals surface area contributed by atoms with Crippen LogP contribution in [0.5, 0.6) is 0 Å². The third kappa shape index (κ3) is 9.78. The topological polar surface area (TPSA) is 173 Å². The highest BCUT2D eigenvalue weighted by Gasteiger charge is 2.21. The van der Waals surface area contributed by atoms with Crippen LogP contribution in [0.2, 0.25) is 0 Å². The zero-order valence-corrected chi connectivity index (χ0v) is 9.26. The molecule has 0 aliphatic rings. The molecule has 10 nitrogen and oxygen atoms in total. The minimum Gasteiger partial charge on any atom is -0.780 e. The fourth-order valence-electron chi connectivity index (χ4n) is 0.553. The van der Waals surface area contributed by atoms with Crippen molar-refractivity contribution in [2.75, 3.05) is 0 Å². The second kappa shape index (κ2) is 5.53. The summed E-state index contributed by atoms with van der Waals surface area (Å²) in [6.45, 7) is 0. The Bertz CT molecular complexity index is 325. The summed E-state index contributed by atoms with van der Waals surface area (Å²) in [5.41, 5.74) is 0. The Morgan fingerprint density at radius 1 is 1.00 bits per heavy atom. The number of phosphoric ester groups is 2. The maximum Gasteiger partial charge on any atom is 0.526 e. The van der Waals surface area contributed by atoms with Gasteiger partial charge in [0.05, 0.1) is 12.8 Å². The maximum absolute atomic E-state index is 10.6. The van der Waals surface area contributed by atoms with E-state index in [0.29, 0.717) is 0 Å². The van der Waals surface area contributed by atoms with Crippen molar-refractivity contribution < 1.29 is 47.3 Å². The Hall–Kier alpha value is -0.760. The largest absolute Gasteiger partial charge is 0.780 e. The third-order valence-corrected chi connectivity index (χ3v) is 1.84. The minimum atomic E-state index is -5.48. The van der Waals surface area contributed by atoms with Crippen molar-refractivity contribution in [3.8, 4) is 0 Å². The van der Waals surface area contributed by atoms with Crippen LogP contribution in [0.25, 0.3) is 0 Å². The summed E-state index contributed by atoms with van der Waals surface area (Å²) in [5, 5.41) is 0. The van der Waals surface area contributed by atoms with Gasteiger partial charge in [0, 0.05) is 0 Å². The van der Waals surface area contributed by atoms with Crippen molar-refractivity contribution in [3.05, 3.63) is 0 Å². The molecule has 0 radical (unpaired) electrons. The predicted octanol–water partition coefficient (Wildman–Crippen LogP) is -2.23. The van der Waals surface area contributed by atoms with E-state index in [-0.39, 0.29) is 0 Å². The Morgan fingerprint density at radius 2 is 1.38 bits per heavy atom. The van der Waals surface area contributed by atoms with Gasteiger partial charge in [-0.25, -0.2) is 4.57 Å². The summed E-state index contributed by atoms with van der Waals surface area (Å²) in [6.07, 6.45) is -1.68. The Kier molecular flexibility index (Phi) is 5.27. The molecule has 0 bridgehead atoms. The van der Waals surface area contributed by atoms with Gasteiger partial charge < -0.3 is 23.4 Å².